The molecule has 0 saturated carbocycles. The maximum Gasteiger partial charge on any atom is 0.279 e. The molecule has 1 saturated heterocycles. The van der Waals surface area contributed by atoms with Crippen LogP contribution in [0.15, 0.2) is 22.8 Å². The summed E-state index contributed by atoms with van der Waals surface area (Å²) < 4.78 is 34.4. The van der Waals surface area contributed by atoms with Crippen LogP contribution in [0.4, 0.5) is 0 Å². The molecule has 2 N–H and O–H groups in total. The van der Waals surface area contributed by atoms with E-state index in [0.29, 0.717) is 19.5 Å². The van der Waals surface area contributed by atoms with Crippen LogP contribution in [0.2, 0.25) is 0 Å². The van der Waals surface area contributed by atoms with Gasteiger partial charge in [0.1, 0.15) is 5.76 Å². The number of piperidine rings is 1. The normalized spacial score (nSPS) is 20.7. The molecular formula is C14H25N3O3S. The Morgan fingerprint density at radius 1 is 1.43 bits per heavy atom. The number of furan rings is 1. The Morgan fingerprint density at radius 3 is 3.00 bits per heavy atom. The minimum absolute atomic E-state index is 0.0554. The summed E-state index contributed by atoms with van der Waals surface area (Å²) in [7, 11) is -3.41. The third-order valence-corrected chi connectivity index (χ3v) is 5.41. The van der Waals surface area contributed by atoms with Gasteiger partial charge in [-0.2, -0.15) is 12.7 Å². The van der Waals surface area contributed by atoms with Gasteiger partial charge in [0.05, 0.1) is 6.26 Å². The number of hydrogen-bond donors (Lipinski definition) is 2. The number of nitrogens with zero attached hydrogens (tertiary/aromatic N) is 1. The molecule has 6 nitrogen and oxygen atoms in total. The van der Waals surface area contributed by atoms with E-state index in [4.69, 9.17) is 4.42 Å². The van der Waals surface area contributed by atoms with Gasteiger partial charge in [0, 0.05) is 32.1 Å². The lowest BCUT2D eigenvalue weighted by molar-refractivity contribution is 0.244. The maximum atomic E-state index is 12.4. The first-order valence-corrected chi connectivity index (χ1v) is 9.07. The molecule has 1 aromatic heterocycles. The minimum Gasteiger partial charge on any atom is -0.469 e. The van der Waals surface area contributed by atoms with Gasteiger partial charge in [0.25, 0.3) is 10.2 Å². The summed E-state index contributed by atoms with van der Waals surface area (Å²) in [4.78, 5) is 0. The van der Waals surface area contributed by atoms with Crippen molar-refractivity contribution in [2.45, 2.75) is 38.6 Å². The van der Waals surface area contributed by atoms with Gasteiger partial charge in [-0.3, -0.25) is 0 Å². The van der Waals surface area contributed by atoms with Crippen molar-refractivity contribution < 1.29 is 12.8 Å². The predicted octanol–water partition coefficient (Wildman–Crippen LogP) is 1.12. The van der Waals surface area contributed by atoms with Crippen LogP contribution in [-0.4, -0.2) is 44.9 Å². The van der Waals surface area contributed by atoms with E-state index >= 15 is 0 Å². The van der Waals surface area contributed by atoms with Crippen LogP contribution in [0.25, 0.3) is 0 Å². The third-order valence-electron chi connectivity index (χ3n) is 3.75. The van der Waals surface area contributed by atoms with Crippen LogP contribution in [-0.2, 0) is 16.6 Å². The highest BCUT2D eigenvalue weighted by atomic mass is 32.2. The summed E-state index contributed by atoms with van der Waals surface area (Å²) in [6, 6.07) is 3.71. The first-order valence-electron chi connectivity index (χ1n) is 7.63. The molecule has 0 spiro atoms. The Morgan fingerprint density at radius 2 is 2.29 bits per heavy atom. The highest BCUT2D eigenvalue weighted by Crippen LogP contribution is 2.19. The molecule has 1 aliphatic rings. The van der Waals surface area contributed by atoms with Gasteiger partial charge in [0.2, 0.25) is 0 Å². The maximum absolute atomic E-state index is 12.4. The van der Waals surface area contributed by atoms with Crippen LogP contribution in [0.3, 0.4) is 0 Å². The summed E-state index contributed by atoms with van der Waals surface area (Å²) >= 11 is 0. The molecule has 7 heteroatoms. The van der Waals surface area contributed by atoms with E-state index in [1.54, 1.807) is 16.6 Å². The lowest BCUT2D eigenvalue weighted by Crippen LogP contribution is -2.52. The van der Waals surface area contributed by atoms with Gasteiger partial charge < -0.3 is 9.73 Å². The summed E-state index contributed by atoms with van der Waals surface area (Å²) in [5, 5.41) is 3.25. The molecule has 0 aliphatic carbocycles. The number of rotatable bonds is 8. The lowest BCUT2D eigenvalue weighted by atomic mass is 10.1. The van der Waals surface area contributed by atoms with Crippen LogP contribution >= 0.6 is 0 Å². The summed E-state index contributed by atoms with van der Waals surface area (Å²) in [6.45, 7) is 4.57. The van der Waals surface area contributed by atoms with Crippen molar-refractivity contribution in [1.82, 2.24) is 14.3 Å². The second kappa shape index (κ2) is 7.93. The Balaban J connectivity index is 1.89. The quantitative estimate of drug-likeness (QED) is 0.754. The zero-order valence-electron chi connectivity index (χ0n) is 12.5. The van der Waals surface area contributed by atoms with Crippen molar-refractivity contribution in [3.63, 3.8) is 0 Å². The van der Waals surface area contributed by atoms with Crippen molar-refractivity contribution in [3.05, 3.63) is 24.2 Å². The van der Waals surface area contributed by atoms with Crippen LogP contribution in [0.1, 0.15) is 31.9 Å². The molecule has 0 radical (unpaired) electrons. The Kier molecular flexibility index (Phi) is 6.22. The molecule has 0 bridgehead atoms. The smallest absolute Gasteiger partial charge is 0.279 e. The average molecular weight is 315 g/mol. The van der Waals surface area contributed by atoms with Crippen LogP contribution in [0.5, 0.6) is 0 Å². The minimum atomic E-state index is -3.41. The zero-order valence-corrected chi connectivity index (χ0v) is 13.4. The first kappa shape index (κ1) is 16.5. The van der Waals surface area contributed by atoms with Crippen LogP contribution < -0.4 is 10.0 Å². The third kappa shape index (κ3) is 4.81. The monoisotopic (exact) mass is 315 g/mol. The van der Waals surface area contributed by atoms with E-state index < -0.39 is 10.2 Å². The van der Waals surface area contributed by atoms with Gasteiger partial charge in [-0.1, -0.05) is 13.3 Å². The predicted molar refractivity (Wildman–Crippen MR) is 82.2 cm³/mol. The summed E-state index contributed by atoms with van der Waals surface area (Å²) in [5.74, 6) is 0.792. The topological polar surface area (TPSA) is 74.6 Å². The Bertz CT molecular complexity index is 502. The fourth-order valence-electron chi connectivity index (χ4n) is 2.65. The molecule has 2 rings (SSSR count). The molecule has 0 amide bonds. The van der Waals surface area contributed by atoms with Crippen molar-refractivity contribution in [2.24, 2.45) is 0 Å². The molecule has 1 fully saturated rings. The highest BCUT2D eigenvalue weighted by Gasteiger charge is 2.31. The molecule has 120 valence electrons. The van der Waals surface area contributed by atoms with Crippen molar-refractivity contribution in [2.75, 3.05) is 26.2 Å². The standard InChI is InChI=1S/C14H25N3O3S/c1-2-15-12-13-6-3-4-10-17(13)21(18,19)16-9-8-14-7-5-11-20-14/h5,7,11,13,15-16H,2-4,6,8-10,12H2,1H3. The summed E-state index contributed by atoms with van der Waals surface area (Å²) in [6.07, 6.45) is 5.11. The van der Waals surface area contributed by atoms with Crippen molar-refractivity contribution in [1.29, 1.82) is 0 Å². The van der Waals surface area contributed by atoms with Gasteiger partial charge in [0.15, 0.2) is 0 Å². The number of hydrogen-bond acceptors (Lipinski definition) is 4. The zero-order chi connectivity index (χ0) is 15.1. The second-order valence-electron chi connectivity index (χ2n) is 5.30. The largest absolute Gasteiger partial charge is 0.469 e. The van der Waals surface area contributed by atoms with E-state index in [0.717, 1.165) is 38.1 Å². The van der Waals surface area contributed by atoms with Gasteiger partial charge in [-0.25, -0.2) is 4.72 Å². The SMILES string of the molecule is CCNCC1CCCCN1S(=O)(=O)NCCc1ccco1. The Labute approximate surface area is 127 Å². The fourth-order valence-corrected chi connectivity index (χ4v) is 4.11. The number of likely N-dealkylation sites (N-methyl/N-ethyl adjacent to an activating group) is 1. The van der Waals surface area contributed by atoms with E-state index in [1.165, 1.54) is 0 Å². The van der Waals surface area contributed by atoms with E-state index in [2.05, 4.69) is 10.0 Å². The van der Waals surface area contributed by atoms with Gasteiger partial charge in [-0.05, 0) is 31.5 Å². The lowest BCUT2D eigenvalue weighted by Gasteiger charge is -2.34. The summed E-state index contributed by atoms with van der Waals surface area (Å²) in [5.41, 5.74) is 0. The van der Waals surface area contributed by atoms with Gasteiger partial charge >= 0.3 is 0 Å². The van der Waals surface area contributed by atoms with Crippen molar-refractivity contribution in [3.8, 4) is 0 Å². The molecular weight excluding hydrogens is 290 g/mol. The molecule has 1 aliphatic heterocycles. The molecule has 1 aromatic rings. The fraction of sp³-hybridized carbons (Fsp3) is 0.714. The number of nitrogens with one attached hydrogen (secondary N) is 2. The van der Waals surface area contributed by atoms with Crippen molar-refractivity contribution >= 4 is 10.2 Å². The molecule has 2 heterocycles. The van der Waals surface area contributed by atoms with E-state index in [1.807, 2.05) is 13.0 Å². The first-order chi connectivity index (χ1) is 10.1. The van der Waals surface area contributed by atoms with E-state index in [-0.39, 0.29) is 6.04 Å². The average Bonchev–Trinajstić information content (AvgIpc) is 2.98. The molecule has 1 atom stereocenters. The second-order valence-corrected chi connectivity index (χ2v) is 7.00. The molecule has 0 aromatic carbocycles. The van der Waals surface area contributed by atoms with Gasteiger partial charge in [-0.15, -0.1) is 0 Å². The van der Waals surface area contributed by atoms with E-state index in [9.17, 15) is 8.42 Å². The Hall–Kier alpha value is -0.890. The van der Waals surface area contributed by atoms with Crippen LogP contribution in [0, 0.1) is 0 Å². The molecule has 21 heavy (non-hydrogen) atoms. The molecule has 1 unspecified atom stereocenters. The highest BCUT2D eigenvalue weighted by molar-refractivity contribution is 7.87.